The smallest absolute Gasteiger partial charge is 0.250 e. The van der Waals surface area contributed by atoms with Crippen LogP contribution in [0.25, 0.3) is 0 Å². The standard InChI is InChI=1S/C14H21N3O/c1-2-10-5-4-8-17(9-10)12-7-3-6-11(13(12)15)14(16)18/h3,6-7,10H,2,4-5,8-9,15H2,1H3,(H2,16,18). The summed E-state index contributed by atoms with van der Waals surface area (Å²) < 4.78 is 0. The van der Waals surface area contributed by atoms with Crippen molar-refractivity contribution in [2.24, 2.45) is 11.7 Å². The number of hydrogen-bond acceptors (Lipinski definition) is 3. The third-order valence-electron chi connectivity index (χ3n) is 3.79. The average Bonchev–Trinajstić information content (AvgIpc) is 2.38. The minimum atomic E-state index is -0.460. The zero-order valence-electron chi connectivity index (χ0n) is 10.9. The molecule has 4 N–H and O–H groups in total. The van der Waals surface area contributed by atoms with Crippen LogP contribution in [0, 0.1) is 5.92 Å². The molecule has 0 spiro atoms. The minimum absolute atomic E-state index is 0.422. The maximum absolute atomic E-state index is 11.3. The van der Waals surface area contributed by atoms with Gasteiger partial charge in [0.1, 0.15) is 0 Å². The minimum Gasteiger partial charge on any atom is -0.396 e. The average molecular weight is 247 g/mol. The van der Waals surface area contributed by atoms with E-state index in [1.807, 2.05) is 12.1 Å². The first kappa shape index (κ1) is 12.7. The van der Waals surface area contributed by atoms with E-state index >= 15 is 0 Å². The number of hydrogen-bond donors (Lipinski definition) is 2. The van der Waals surface area contributed by atoms with Crippen molar-refractivity contribution in [3.63, 3.8) is 0 Å². The van der Waals surface area contributed by atoms with Crippen LogP contribution in [-0.4, -0.2) is 19.0 Å². The number of rotatable bonds is 3. The van der Waals surface area contributed by atoms with E-state index in [1.54, 1.807) is 6.07 Å². The molecule has 1 unspecified atom stereocenters. The maximum atomic E-state index is 11.3. The Morgan fingerprint density at radius 3 is 2.94 bits per heavy atom. The van der Waals surface area contributed by atoms with E-state index in [9.17, 15) is 4.79 Å². The van der Waals surface area contributed by atoms with E-state index in [2.05, 4.69) is 11.8 Å². The topological polar surface area (TPSA) is 72.3 Å². The molecule has 0 aromatic heterocycles. The molecule has 2 rings (SSSR count). The van der Waals surface area contributed by atoms with E-state index in [4.69, 9.17) is 11.5 Å². The molecule has 18 heavy (non-hydrogen) atoms. The zero-order chi connectivity index (χ0) is 13.1. The lowest BCUT2D eigenvalue weighted by molar-refractivity contribution is 0.100. The molecule has 1 atom stereocenters. The summed E-state index contributed by atoms with van der Waals surface area (Å²) >= 11 is 0. The van der Waals surface area contributed by atoms with Crippen LogP contribution in [0.5, 0.6) is 0 Å². The quantitative estimate of drug-likeness (QED) is 0.802. The summed E-state index contributed by atoms with van der Waals surface area (Å²) in [6.07, 6.45) is 3.65. The molecule has 0 bridgehead atoms. The predicted molar refractivity (Wildman–Crippen MR) is 74.6 cm³/mol. The summed E-state index contributed by atoms with van der Waals surface area (Å²) in [6, 6.07) is 5.50. The van der Waals surface area contributed by atoms with Crippen LogP contribution < -0.4 is 16.4 Å². The maximum Gasteiger partial charge on any atom is 0.250 e. The summed E-state index contributed by atoms with van der Waals surface area (Å²) in [4.78, 5) is 13.6. The Morgan fingerprint density at radius 2 is 2.28 bits per heavy atom. The summed E-state index contributed by atoms with van der Waals surface area (Å²) in [5, 5.41) is 0. The van der Waals surface area contributed by atoms with Gasteiger partial charge in [0.05, 0.1) is 16.9 Å². The van der Waals surface area contributed by atoms with Gasteiger partial charge in [-0.3, -0.25) is 4.79 Å². The van der Waals surface area contributed by atoms with Gasteiger partial charge < -0.3 is 16.4 Å². The molecule has 1 aromatic rings. The molecule has 98 valence electrons. The molecule has 1 aliphatic rings. The molecular weight excluding hydrogens is 226 g/mol. The van der Waals surface area contributed by atoms with Crippen molar-refractivity contribution in [3.05, 3.63) is 23.8 Å². The van der Waals surface area contributed by atoms with Crippen molar-refractivity contribution in [1.82, 2.24) is 0 Å². The van der Waals surface area contributed by atoms with Crippen LogP contribution in [0.3, 0.4) is 0 Å². The molecule has 1 fully saturated rings. The second kappa shape index (κ2) is 5.29. The molecule has 4 heteroatoms. The molecule has 1 saturated heterocycles. The molecule has 1 aliphatic heterocycles. The van der Waals surface area contributed by atoms with Crippen molar-refractivity contribution in [2.75, 3.05) is 23.7 Å². The number of para-hydroxylation sites is 1. The number of nitrogen functional groups attached to an aromatic ring is 1. The van der Waals surface area contributed by atoms with Crippen LogP contribution >= 0.6 is 0 Å². The number of piperidine rings is 1. The lowest BCUT2D eigenvalue weighted by atomic mass is 9.95. The molecule has 4 nitrogen and oxygen atoms in total. The van der Waals surface area contributed by atoms with Crippen LogP contribution in [0.2, 0.25) is 0 Å². The first-order valence-corrected chi connectivity index (χ1v) is 6.56. The van der Waals surface area contributed by atoms with E-state index in [1.165, 1.54) is 19.3 Å². The third kappa shape index (κ3) is 2.42. The number of nitrogens with two attached hydrogens (primary N) is 2. The van der Waals surface area contributed by atoms with Crippen LogP contribution in [0.15, 0.2) is 18.2 Å². The molecule has 1 amide bonds. The van der Waals surface area contributed by atoms with Gasteiger partial charge in [0, 0.05) is 13.1 Å². The molecule has 0 aliphatic carbocycles. The Bertz CT molecular complexity index is 445. The lowest BCUT2D eigenvalue weighted by Gasteiger charge is -2.35. The van der Waals surface area contributed by atoms with Gasteiger partial charge in [0.2, 0.25) is 0 Å². The number of benzene rings is 1. The Kier molecular flexibility index (Phi) is 3.75. The summed E-state index contributed by atoms with van der Waals surface area (Å²) in [5.41, 5.74) is 13.3. The van der Waals surface area contributed by atoms with Crippen LogP contribution in [0.1, 0.15) is 36.5 Å². The highest BCUT2D eigenvalue weighted by atomic mass is 16.1. The highest BCUT2D eigenvalue weighted by Crippen LogP contribution is 2.31. The summed E-state index contributed by atoms with van der Waals surface area (Å²) in [7, 11) is 0. The fraction of sp³-hybridized carbons (Fsp3) is 0.500. The number of amides is 1. The molecule has 1 heterocycles. The second-order valence-corrected chi connectivity index (χ2v) is 4.97. The number of primary amides is 1. The van der Waals surface area contributed by atoms with Gasteiger partial charge in [0.15, 0.2) is 0 Å². The van der Waals surface area contributed by atoms with Crippen LogP contribution in [-0.2, 0) is 0 Å². The van der Waals surface area contributed by atoms with E-state index in [-0.39, 0.29) is 0 Å². The SMILES string of the molecule is CCC1CCCN(c2cccc(C(N)=O)c2N)C1. The largest absolute Gasteiger partial charge is 0.396 e. The Balaban J connectivity index is 2.27. The number of nitrogens with zero attached hydrogens (tertiary/aromatic N) is 1. The van der Waals surface area contributed by atoms with E-state index in [0.29, 0.717) is 11.3 Å². The van der Waals surface area contributed by atoms with Gasteiger partial charge in [-0.2, -0.15) is 0 Å². The second-order valence-electron chi connectivity index (χ2n) is 4.97. The van der Waals surface area contributed by atoms with Crippen molar-refractivity contribution >= 4 is 17.3 Å². The monoisotopic (exact) mass is 247 g/mol. The van der Waals surface area contributed by atoms with Gasteiger partial charge in [0.25, 0.3) is 5.91 Å². The normalized spacial score (nSPS) is 19.8. The van der Waals surface area contributed by atoms with Crippen molar-refractivity contribution in [2.45, 2.75) is 26.2 Å². The van der Waals surface area contributed by atoms with Crippen molar-refractivity contribution in [1.29, 1.82) is 0 Å². The Hall–Kier alpha value is -1.71. The van der Waals surface area contributed by atoms with Crippen molar-refractivity contribution in [3.8, 4) is 0 Å². The van der Waals surface area contributed by atoms with Gasteiger partial charge in [-0.25, -0.2) is 0 Å². The Morgan fingerprint density at radius 1 is 1.50 bits per heavy atom. The molecule has 0 saturated carbocycles. The van der Waals surface area contributed by atoms with Gasteiger partial charge in [-0.05, 0) is 30.9 Å². The zero-order valence-corrected chi connectivity index (χ0v) is 10.9. The number of carbonyl (C=O) groups is 1. The Labute approximate surface area is 108 Å². The molecule has 0 radical (unpaired) electrons. The highest BCUT2D eigenvalue weighted by Gasteiger charge is 2.21. The lowest BCUT2D eigenvalue weighted by Crippen LogP contribution is -2.35. The molecular formula is C14H21N3O. The third-order valence-corrected chi connectivity index (χ3v) is 3.79. The number of anilines is 2. The summed E-state index contributed by atoms with van der Waals surface area (Å²) in [6.45, 7) is 4.24. The van der Waals surface area contributed by atoms with Crippen LogP contribution in [0.4, 0.5) is 11.4 Å². The fourth-order valence-electron chi connectivity index (χ4n) is 2.66. The van der Waals surface area contributed by atoms with Gasteiger partial charge >= 0.3 is 0 Å². The van der Waals surface area contributed by atoms with E-state index < -0.39 is 5.91 Å². The first-order valence-electron chi connectivity index (χ1n) is 6.56. The van der Waals surface area contributed by atoms with Gasteiger partial charge in [-0.1, -0.05) is 19.4 Å². The molecule has 1 aromatic carbocycles. The number of carbonyl (C=O) groups excluding carboxylic acids is 1. The van der Waals surface area contributed by atoms with Gasteiger partial charge in [-0.15, -0.1) is 0 Å². The summed E-state index contributed by atoms with van der Waals surface area (Å²) in [5.74, 6) is 0.258. The first-order chi connectivity index (χ1) is 8.63. The predicted octanol–water partition coefficient (Wildman–Crippen LogP) is 1.99. The van der Waals surface area contributed by atoms with Crippen molar-refractivity contribution < 1.29 is 4.79 Å². The fourth-order valence-corrected chi connectivity index (χ4v) is 2.66. The van der Waals surface area contributed by atoms with E-state index in [0.717, 1.165) is 24.7 Å². The highest BCUT2D eigenvalue weighted by molar-refractivity contribution is 6.00.